The molecule has 4 heterocycles. The molecule has 5 heteroatoms. The van der Waals surface area contributed by atoms with Crippen molar-refractivity contribution in [2.24, 2.45) is 0 Å². The predicted molar refractivity (Wildman–Crippen MR) is 66.2 cm³/mol. The van der Waals surface area contributed by atoms with E-state index in [9.17, 15) is 0 Å². The summed E-state index contributed by atoms with van der Waals surface area (Å²) in [6, 6.07) is 1.91. The second-order valence-corrected chi connectivity index (χ2v) is 5.09. The topological polar surface area (TPSA) is 41.5 Å². The van der Waals surface area contributed by atoms with Crippen LogP contribution in [0.1, 0.15) is 5.56 Å². The smallest absolute Gasteiger partial charge is 0.225 e. The number of piperazine rings is 1. The second kappa shape index (κ2) is 3.67. The van der Waals surface area contributed by atoms with Crippen molar-refractivity contribution in [3.05, 3.63) is 18.0 Å². The van der Waals surface area contributed by atoms with Crippen LogP contribution in [-0.2, 0) is 4.74 Å². The summed E-state index contributed by atoms with van der Waals surface area (Å²) in [5, 5.41) is 0. The third-order valence-corrected chi connectivity index (χ3v) is 4.20. The molecule has 3 fully saturated rings. The van der Waals surface area contributed by atoms with Gasteiger partial charge in [0.15, 0.2) is 0 Å². The minimum atomic E-state index is 0.585. The van der Waals surface area contributed by atoms with Gasteiger partial charge in [-0.1, -0.05) is 5.92 Å². The van der Waals surface area contributed by atoms with Gasteiger partial charge in [-0.2, -0.15) is 0 Å². The van der Waals surface area contributed by atoms with Crippen molar-refractivity contribution in [3.63, 3.8) is 0 Å². The number of aromatic nitrogens is 2. The van der Waals surface area contributed by atoms with E-state index in [1.54, 1.807) is 12.4 Å². The van der Waals surface area contributed by atoms with E-state index in [-0.39, 0.29) is 0 Å². The monoisotopic (exact) mass is 242 g/mol. The summed E-state index contributed by atoms with van der Waals surface area (Å²) in [5.41, 5.74) is 0.734. The minimum absolute atomic E-state index is 0.585. The van der Waals surface area contributed by atoms with Crippen LogP contribution in [0.5, 0.6) is 0 Å². The fourth-order valence-corrected chi connectivity index (χ4v) is 2.90. The van der Waals surface area contributed by atoms with Crippen LogP contribution in [0.2, 0.25) is 0 Å². The lowest BCUT2D eigenvalue weighted by Gasteiger charge is -2.64. The largest absolute Gasteiger partial charge is 0.378 e. The third kappa shape index (κ3) is 1.30. The average Bonchev–Trinajstić information content (AvgIpc) is 2.33. The van der Waals surface area contributed by atoms with Crippen LogP contribution in [0, 0.1) is 12.3 Å². The van der Waals surface area contributed by atoms with E-state index in [0.717, 1.165) is 37.8 Å². The van der Waals surface area contributed by atoms with Crippen LogP contribution in [0.15, 0.2) is 12.4 Å². The van der Waals surface area contributed by atoms with Crippen LogP contribution >= 0.6 is 0 Å². The maximum absolute atomic E-state index is 5.29. The highest BCUT2D eigenvalue weighted by Gasteiger charge is 2.55. The lowest BCUT2D eigenvalue weighted by atomic mass is 9.84. The van der Waals surface area contributed by atoms with Gasteiger partial charge >= 0.3 is 0 Å². The fraction of sp³-hybridized carbons (Fsp3) is 0.538. The molecule has 2 atom stereocenters. The highest BCUT2D eigenvalue weighted by Crippen LogP contribution is 2.38. The zero-order chi connectivity index (χ0) is 12.1. The Morgan fingerprint density at radius 1 is 1.22 bits per heavy atom. The highest BCUT2D eigenvalue weighted by molar-refractivity contribution is 5.43. The number of hydrogen-bond acceptors (Lipinski definition) is 5. The van der Waals surface area contributed by atoms with Crippen molar-refractivity contribution in [2.75, 3.05) is 31.2 Å². The number of hydrogen-bond donors (Lipinski definition) is 0. The maximum atomic E-state index is 5.29. The van der Waals surface area contributed by atoms with Crippen molar-refractivity contribution < 1.29 is 4.74 Å². The van der Waals surface area contributed by atoms with Crippen LogP contribution in [0.3, 0.4) is 0 Å². The number of likely N-dealkylation sites (tertiary alicyclic amines) is 1. The zero-order valence-electron chi connectivity index (χ0n) is 9.99. The quantitative estimate of drug-likeness (QED) is 0.668. The number of rotatable bonds is 2. The number of fused-ring (bicyclic) bond motifs is 1. The summed E-state index contributed by atoms with van der Waals surface area (Å²) in [7, 11) is 0. The van der Waals surface area contributed by atoms with E-state index < -0.39 is 0 Å². The molecule has 0 saturated carbocycles. The van der Waals surface area contributed by atoms with E-state index in [2.05, 4.69) is 25.7 Å². The van der Waals surface area contributed by atoms with Gasteiger partial charge in [-0.15, -0.1) is 6.42 Å². The molecule has 1 unspecified atom stereocenters. The molecule has 3 aliphatic rings. The summed E-state index contributed by atoms with van der Waals surface area (Å²) in [4.78, 5) is 13.5. The predicted octanol–water partition coefficient (Wildman–Crippen LogP) is -0.271. The summed E-state index contributed by atoms with van der Waals surface area (Å²) in [6.07, 6.45) is 8.72. The molecule has 3 aliphatic heterocycles. The van der Waals surface area contributed by atoms with Gasteiger partial charge in [-0.25, -0.2) is 9.97 Å². The van der Waals surface area contributed by atoms with Crippen LogP contribution in [-0.4, -0.2) is 59.3 Å². The first kappa shape index (κ1) is 10.3. The molecule has 1 aromatic heterocycles. The Bertz CT molecular complexity index is 505. The summed E-state index contributed by atoms with van der Waals surface area (Å²) < 4.78 is 5.24. The lowest BCUT2D eigenvalue weighted by Crippen LogP contribution is -2.82. The van der Waals surface area contributed by atoms with Gasteiger partial charge in [0.05, 0.1) is 30.9 Å². The maximum Gasteiger partial charge on any atom is 0.225 e. The highest BCUT2D eigenvalue weighted by atomic mass is 16.5. The Hall–Kier alpha value is -1.64. The van der Waals surface area contributed by atoms with Gasteiger partial charge in [-0.3, -0.25) is 4.90 Å². The average molecular weight is 242 g/mol. The Labute approximate surface area is 106 Å². The van der Waals surface area contributed by atoms with E-state index in [1.807, 2.05) is 0 Å². The minimum Gasteiger partial charge on any atom is -0.378 e. The molecule has 0 radical (unpaired) electrons. The SMILES string of the molecule is C#Cc1cnc(N2CC3[C@@H]2CN3C2COC2)nc1. The van der Waals surface area contributed by atoms with E-state index >= 15 is 0 Å². The molecule has 92 valence electrons. The van der Waals surface area contributed by atoms with Crippen LogP contribution < -0.4 is 4.90 Å². The summed E-state index contributed by atoms with van der Waals surface area (Å²) in [5.74, 6) is 3.34. The summed E-state index contributed by atoms with van der Waals surface area (Å²) >= 11 is 0. The van der Waals surface area contributed by atoms with Crippen LogP contribution in [0.4, 0.5) is 5.95 Å². The molecule has 0 aliphatic carbocycles. The first-order chi connectivity index (χ1) is 8.86. The first-order valence-corrected chi connectivity index (χ1v) is 6.25. The molecule has 3 saturated heterocycles. The van der Waals surface area contributed by atoms with Crippen molar-refractivity contribution in [2.45, 2.75) is 18.1 Å². The molecule has 0 aromatic carbocycles. The Kier molecular flexibility index (Phi) is 2.10. The van der Waals surface area contributed by atoms with E-state index in [0.29, 0.717) is 18.1 Å². The molecule has 0 amide bonds. The van der Waals surface area contributed by atoms with Crippen molar-refractivity contribution in [3.8, 4) is 12.3 Å². The van der Waals surface area contributed by atoms with Gasteiger partial charge in [-0.05, 0) is 0 Å². The number of terminal acetylenes is 1. The third-order valence-electron chi connectivity index (χ3n) is 4.20. The van der Waals surface area contributed by atoms with Crippen molar-refractivity contribution in [1.29, 1.82) is 0 Å². The number of nitrogens with zero attached hydrogens (tertiary/aromatic N) is 4. The standard InChI is InChI=1S/C13H14N4O/c1-2-9-3-14-13(15-4-9)17-6-11-12(17)5-16(11)10-7-18-8-10/h1,3-4,10-12H,5-8H2/t11?,12-/m0/s1. The molecule has 0 N–H and O–H groups in total. The number of anilines is 1. The summed E-state index contributed by atoms with van der Waals surface area (Å²) in [6.45, 7) is 3.93. The van der Waals surface area contributed by atoms with Gasteiger partial charge < -0.3 is 9.64 Å². The van der Waals surface area contributed by atoms with Gasteiger partial charge in [0.2, 0.25) is 5.95 Å². The van der Waals surface area contributed by atoms with Gasteiger partial charge in [0.1, 0.15) is 0 Å². The molecule has 4 rings (SSSR count). The fourth-order valence-electron chi connectivity index (χ4n) is 2.90. The molecule has 1 aromatic rings. The zero-order valence-corrected chi connectivity index (χ0v) is 9.99. The Balaban J connectivity index is 1.42. The molecular weight excluding hydrogens is 228 g/mol. The number of ether oxygens (including phenoxy) is 1. The second-order valence-electron chi connectivity index (χ2n) is 5.09. The lowest BCUT2D eigenvalue weighted by molar-refractivity contribution is -0.132. The Morgan fingerprint density at radius 2 is 2.00 bits per heavy atom. The molecule has 18 heavy (non-hydrogen) atoms. The van der Waals surface area contributed by atoms with Crippen molar-refractivity contribution in [1.82, 2.24) is 14.9 Å². The normalized spacial score (nSPS) is 30.7. The van der Waals surface area contributed by atoms with Crippen LogP contribution in [0.25, 0.3) is 0 Å². The van der Waals surface area contributed by atoms with E-state index in [1.165, 1.54) is 0 Å². The van der Waals surface area contributed by atoms with Gasteiger partial charge in [0, 0.05) is 31.5 Å². The van der Waals surface area contributed by atoms with Gasteiger partial charge in [0.25, 0.3) is 0 Å². The molecular formula is C13H14N4O. The molecule has 5 nitrogen and oxygen atoms in total. The molecule has 0 spiro atoms. The van der Waals surface area contributed by atoms with E-state index in [4.69, 9.17) is 11.2 Å². The van der Waals surface area contributed by atoms with Crippen molar-refractivity contribution >= 4 is 5.95 Å². The molecule has 0 bridgehead atoms. The Morgan fingerprint density at radius 3 is 2.50 bits per heavy atom. The first-order valence-electron chi connectivity index (χ1n) is 6.25.